The van der Waals surface area contributed by atoms with Gasteiger partial charge in [-0.2, -0.15) is 0 Å². The van der Waals surface area contributed by atoms with Crippen LogP contribution in [0, 0.1) is 0 Å². The fourth-order valence-corrected chi connectivity index (χ4v) is 3.16. The van der Waals surface area contributed by atoms with Crippen molar-refractivity contribution in [2.24, 2.45) is 4.99 Å². The highest BCUT2D eigenvalue weighted by Gasteiger charge is 2.26. The van der Waals surface area contributed by atoms with Crippen molar-refractivity contribution in [3.63, 3.8) is 0 Å². The van der Waals surface area contributed by atoms with Gasteiger partial charge < -0.3 is 5.32 Å². The highest BCUT2D eigenvalue weighted by atomic mass is 32.2. The molecule has 0 fully saturated rings. The SMILES string of the molecule is CC1CN=C(N(Cc2cccnc2)C(=O)Nc2ccccc2)S1. The van der Waals surface area contributed by atoms with Gasteiger partial charge in [-0.15, -0.1) is 0 Å². The number of pyridine rings is 1. The van der Waals surface area contributed by atoms with E-state index in [1.165, 1.54) is 0 Å². The van der Waals surface area contributed by atoms with Gasteiger partial charge in [-0.3, -0.25) is 14.9 Å². The van der Waals surface area contributed by atoms with Crippen LogP contribution in [-0.4, -0.2) is 32.9 Å². The maximum absolute atomic E-state index is 12.7. The summed E-state index contributed by atoms with van der Waals surface area (Å²) in [7, 11) is 0. The summed E-state index contributed by atoms with van der Waals surface area (Å²) in [5, 5.41) is 4.08. The van der Waals surface area contributed by atoms with E-state index in [1.54, 1.807) is 29.1 Å². The first-order valence-corrected chi connectivity index (χ1v) is 8.34. The van der Waals surface area contributed by atoms with Crippen molar-refractivity contribution in [2.75, 3.05) is 11.9 Å². The van der Waals surface area contributed by atoms with E-state index in [2.05, 4.69) is 22.2 Å². The number of anilines is 1. The molecule has 118 valence electrons. The molecule has 5 nitrogen and oxygen atoms in total. The van der Waals surface area contributed by atoms with E-state index in [9.17, 15) is 4.79 Å². The maximum atomic E-state index is 12.7. The number of thioether (sulfide) groups is 1. The Morgan fingerprint density at radius 2 is 2.13 bits per heavy atom. The summed E-state index contributed by atoms with van der Waals surface area (Å²) in [4.78, 5) is 23.0. The number of urea groups is 1. The molecule has 1 aliphatic heterocycles. The molecule has 1 aliphatic rings. The summed E-state index contributed by atoms with van der Waals surface area (Å²) in [6.45, 7) is 3.30. The van der Waals surface area contributed by atoms with Gasteiger partial charge in [-0.25, -0.2) is 4.79 Å². The molecule has 1 N–H and O–H groups in total. The molecule has 23 heavy (non-hydrogen) atoms. The van der Waals surface area contributed by atoms with Crippen LogP contribution >= 0.6 is 11.8 Å². The van der Waals surface area contributed by atoms with Crippen LogP contribution in [0.15, 0.2) is 59.9 Å². The van der Waals surface area contributed by atoms with Crippen LogP contribution in [0.2, 0.25) is 0 Å². The van der Waals surface area contributed by atoms with E-state index in [0.717, 1.165) is 23.0 Å². The molecule has 1 aromatic heterocycles. The first-order chi connectivity index (χ1) is 11.2. The van der Waals surface area contributed by atoms with Gasteiger partial charge in [-0.05, 0) is 23.8 Å². The molecular weight excluding hydrogens is 308 g/mol. The highest BCUT2D eigenvalue weighted by molar-refractivity contribution is 8.14. The molecular formula is C17H18N4OS. The molecule has 1 aromatic carbocycles. The van der Waals surface area contributed by atoms with E-state index >= 15 is 0 Å². The van der Waals surface area contributed by atoms with Gasteiger partial charge in [0.2, 0.25) is 0 Å². The molecule has 2 amide bonds. The minimum Gasteiger partial charge on any atom is -0.307 e. The summed E-state index contributed by atoms with van der Waals surface area (Å²) in [5.74, 6) is 0. The number of aromatic nitrogens is 1. The van der Waals surface area contributed by atoms with E-state index in [4.69, 9.17) is 0 Å². The minimum absolute atomic E-state index is 0.180. The molecule has 6 heteroatoms. The Bertz CT molecular complexity index is 690. The molecule has 0 saturated heterocycles. The Hall–Kier alpha value is -2.34. The number of amidine groups is 1. The van der Waals surface area contributed by atoms with Crippen LogP contribution in [0.4, 0.5) is 10.5 Å². The van der Waals surface area contributed by atoms with E-state index in [-0.39, 0.29) is 6.03 Å². The van der Waals surface area contributed by atoms with Gasteiger partial charge in [0.15, 0.2) is 5.17 Å². The quantitative estimate of drug-likeness (QED) is 0.937. The number of hydrogen-bond donors (Lipinski definition) is 1. The van der Waals surface area contributed by atoms with Crippen molar-refractivity contribution in [3.8, 4) is 0 Å². The normalized spacial score (nSPS) is 16.7. The van der Waals surface area contributed by atoms with Crippen molar-refractivity contribution in [2.45, 2.75) is 18.7 Å². The maximum Gasteiger partial charge on any atom is 0.328 e. The first kappa shape index (κ1) is 15.6. The predicted molar refractivity (Wildman–Crippen MR) is 94.6 cm³/mol. The van der Waals surface area contributed by atoms with Crippen molar-refractivity contribution in [3.05, 3.63) is 60.4 Å². The minimum atomic E-state index is -0.180. The first-order valence-electron chi connectivity index (χ1n) is 7.46. The van der Waals surface area contributed by atoms with Crippen LogP contribution < -0.4 is 5.32 Å². The number of para-hydroxylation sites is 1. The number of aliphatic imine (C=N–C) groups is 1. The summed E-state index contributed by atoms with van der Waals surface area (Å²) in [5.41, 5.74) is 1.74. The van der Waals surface area contributed by atoms with Crippen LogP contribution in [-0.2, 0) is 6.54 Å². The molecule has 0 bridgehead atoms. The van der Waals surface area contributed by atoms with Gasteiger partial charge in [-0.1, -0.05) is 43.0 Å². The number of carbonyl (C=O) groups excluding carboxylic acids is 1. The van der Waals surface area contributed by atoms with Gasteiger partial charge in [0.25, 0.3) is 0 Å². The zero-order valence-electron chi connectivity index (χ0n) is 12.8. The lowest BCUT2D eigenvalue weighted by Gasteiger charge is -2.22. The molecule has 0 saturated carbocycles. The van der Waals surface area contributed by atoms with Gasteiger partial charge in [0, 0.05) is 23.3 Å². The van der Waals surface area contributed by atoms with Crippen molar-refractivity contribution in [1.29, 1.82) is 0 Å². The third kappa shape index (κ3) is 4.10. The van der Waals surface area contributed by atoms with Gasteiger partial charge in [0.05, 0.1) is 13.1 Å². The van der Waals surface area contributed by atoms with E-state index in [0.29, 0.717) is 11.8 Å². The topological polar surface area (TPSA) is 57.6 Å². The molecule has 1 unspecified atom stereocenters. The largest absolute Gasteiger partial charge is 0.328 e. The van der Waals surface area contributed by atoms with Crippen LogP contribution in [0.25, 0.3) is 0 Å². The zero-order valence-corrected chi connectivity index (χ0v) is 13.7. The smallest absolute Gasteiger partial charge is 0.307 e. The number of nitrogens with zero attached hydrogens (tertiary/aromatic N) is 3. The molecule has 3 rings (SSSR count). The lowest BCUT2D eigenvalue weighted by molar-refractivity contribution is 0.233. The van der Waals surface area contributed by atoms with Crippen LogP contribution in [0.1, 0.15) is 12.5 Å². The standard InChI is InChI=1S/C17H18N4OS/c1-13-10-19-17(23-13)21(12-14-6-5-9-18-11-14)16(22)20-15-7-3-2-4-8-15/h2-9,11,13H,10,12H2,1H3,(H,20,22). The summed E-state index contributed by atoms with van der Waals surface area (Å²) in [6.07, 6.45) is 3.49. The molecule has 2 aromatic rings. The number of rotatable bonds is 3. The average molecular weight is 326 g/mol. The Morgan fingerprint density at radius 1 is 1.30 bits per heavy atom. The van der Waals surface area contributed by atoms with E-state index < -0.39 is 0 Å². The highest BCUT2D eigenvalue weighted by Crippen LogP contribution is 2.24. The van der Waals surface area contributed by atoms with Crippen LogP contribution in [0.5, 0.6) is 0 Å². The number of hydrogen-bond acceptors (Lipinski definition) is 4. The Balaban J connectivity index is 1.78. The predicted octanol–water partition coefficient (Wildman–Crippen LogP) is 3.61. The third-order valence-corrected chi connectivity index (χ3v) is 4.47. The fraction of sp³-hybridized carbons (Fsp3) is 0.235. The second-order valence-electron chi connectivity index (χ2n) is 5.30. The summed E-state index contributed by atoms with van der Waals surface area (Å²) in [6, 6.07) is 13.1. The lowest BCUT2D eigenvalue weighted by atomic mass is 10.3. The molecule has 0 spiro atoms. The summed E-state index contributed by atoms with van der Waals surface area (Å²) >= 11 is 1.63. The fourth-order valence-electron chi connectivity index (χ4n) is 2.22. The number of carbonyl (C=O) groups is 1. The number of nitrogens with one attached hydrogen (secondary N) is 1. The third-order valence-electron chi connectivity index (χ3n) is 3.35. The van der Waals surface area contributed by atoms with Crippen LogP contribution in [0.3, 0.4) is 0 Å². The lowest BCUT2D eigenvalue weighted by Crippen LogP contribution is -2.37. The average Bonchev–Trinajstić information content (AvgIpc) is 3.00. The second kappa shape index (κ2) is 7.28. The Kier molecular flexibility index (Phi) is 4.92. The Labute approximate surface area is 139 Å². The van der Waals surface area contributed by atoms with Gasteiger partial charge >= 0.3 is 6.03 Å². The van der Waals surface area contributed by atoms with Crippen molar-refractivity contribution < 1.29 is 4.79 Å². The van der Waals surface area contributed by atoms with E-state index in [1.807, 2.05) is 42.5 Å². The summed E-state index contributed by atoms with van der Waals surface area (Å²) < 4.78 is 0. The molecule has 0 radical (unpaired) electrons. The van der Waals surface area contributed by atoms with Crippen molar-refractivity contribution >= 4 is 28.6 Å². The van der Waals surface area contributed by atoms with Crippen molar-refractivity contribution in [1.82, 2.24) is 9.88 Å². The zero-order chi connectivity index (χ0) is 16.1. The molecule has 0 aliphatic carbocycles. The monoisotopic (exact) mass is 326 g/mol. The number of benzene rings is 1. The number of amides is 2. The molecule has 1 atom stereocenters. The van der Waals surface area contributed by atoms with Gasteiger partial charge in [0.1, 0.15) is 0 Å². The molecule has 2 heterocycles. The second-order valence-corrected chi connectivity index (χ2v) is 6.70. The Morgan fingerprint density at radius 3 is 2.78 bits per heavy atom.